The number of non-ortho nitro benzene ring substituents is 1. The summed E-state index contributed by atoms with van der Waals surface area (Å²) < 4.78 is 0.763. The van der Waals surface area contributed by atoms with Crippen molar-refractivity contribution in [3.63, 3.8) is 0 Å². The summed E-state index contributed by atoms with van der Waals surface area (Å²) in [5, 5.41) is 19.1. The summed E-state index contributed by atoms with van der Waals surface area (Å²) >= 11 is 3.42. The fourth-order valence-corrected chi connectivity index (χ4v) is 3.06. The smallest absolute Gasteiger partial charge is 0.304 e. The van der Waals surface area contributed by atoms with E-state index in [-0.39, 0.29) is 17.4 Å². The molecule has 0 aliphatic carbocycles. The Balaban J connectivity index is 2.79. The molecule has 1 aromatic rings. The molecule has 0 amide bonds. The van der Waals surface area contributed by atoms with Crippen molar-refractivity contribution in [2.75, 3.05) is 0 Å². The lowest BCUT2D eigenvalue weighted by atomic mass is 10.3. The van der Waals surface area contributed by atoms with Crippen LogP contribution in [-0.2, 0) is 4.79 Å². The first kappa shape index (κ1) is 14.2. The summed E-state index contributed by atoms with van der Waals surface area (Å²) in [4.78, 5) is 21.5. The SMILES string of the molecule is CC(CC(=O)O)Sc1ccc([N+](=O)[O-])cc1I. The van der Waals surface area contributed by atoms with Gasteiger partial charge in [0.25, 0.3) is 5.69 Å². The number of rotatable bonds is 5. The van der Waals surface area contributed by atoms with Crippen LogP contribution in [0.2, 0.25) is 0 Å². The van der Waals surface area contributed by atoms with Gasteiger partial charge in [-0.2, -0.15) is 0 Å². The Kier molecular flexibility index (Phi) is 5.19. The maximum atomic E-state index is 10.5. The molecule has 1 rings (SSSR count). The van der Waals surface area contributed by atoms with E-state index in [2.05, 4.69) is 0 Å². The minimum absolute atomic E-state index is 0.0460. The normalized spacial score (nSPS) is 12.1. The first-order valence-corrected chi connectivity index (χ1v) is 6.68. The van der Waals surface area contributed by atoms with Crippen LogP contribution in [0.4, 0.5) is 5.69 Å². The molecule has 0 saturated heterocycles. The van der Waals surface area contributed by atoms with E-state index < -0.39 is 10.9 Å². The minimum atomic E-state index is -0.845. The van der Waals surface area contributed by atoms with Crippen molar-refractivity contribution in [2.45, 2.75) is 23.5 Å². The Labute approximate surface area is 116 Å². The number of carboxylic acid groups (broad SMARTS) is 1. The van der Waals surface area contributed by atoms with Crippen molar-refractivity contribution >= 4 is 46.0 Å². The van der Waals surface area contributed by atoms with E-state index in [0.29, 0.717) is 0 Å². The second-order valence-corrected chi connectivity index (χ2v) is 6.04. The van der Waals surface area contributed by atoms with Gasteiger partial charge >= 0.3 is 5.97 Å². The van der Waals surface area contributed by atoms with Gasteiger partial charge in [-0.15, -0.1) is 11.8 Å². The Morgan fingerprint density at radius 1 is 1.65 bits per heavy atom. The Morgan fingerprint density at radius 2 is 2.29 bits per heavy atom. The number of aliphatic carboxylic acids is 1. The highest BCUT2D eigenvalue weighted by molar-refractivity contribution is 14.1. The maximum Gasteiger partial charge on any atom is 0.304 e. The van der Waals surface area contributed by atoms with Crippen LogP contribution in [0.15, 0.2) is 23.1 Å². The number of hydrogen-bond acceptors (Lipinski definition) is 4. The fourth-order valence-electron chi connectivity index (χ4n) is 1.20. The Hall–Kier alpha value is -0.830. The van der Waals surface area contributed by atoms with Crippen LogP contribution in [-0.4, -0.2) is 21.2 Å². The van der Waals surface area contributed by atoms with Crippen LogP contribution in [0.25, 0.3) is 0 Å². The van der Waals surface area contributed by atoms with Crippen molar-refractivity contribution in [3.8, 4) is 0 Å². The summed E-state index contributed by atoms with van der Waals surface area (Å²) in [5.74, 6) is -0.845. The number of nitrogens with zero attached hydrogens (tertiary/aromatic N) is 1. The first-order chi connectivity index (χ1) is 7.90. The molecule has 0 aromatic heterocycles. The molecule has 92 valence electrons. The monoisotopic (exact) mass is 367 g/mol. The number of benzene rings is 1. The molecule has 1 N–H and O–H groups in total. The predicted octanol–water partition coefficient (Wildman–Crippen LogP) is 3.15. The van der Waals surface area contributed by atoms with E-state index in [1.54, 1.807) is 6.07 Å². The number of hydrogen-bond donors (Lipinski definition) is 1. The van der Waals surface area contributed by atoms with Gasteiger partial charge in [0.15, 0.2) is 0 Å². The molecule has 0 aliphatic heterocycles. The number of carbonyl (C=O) groups is 1. The number of carboxylic acids is 1. The molecule has 0 saturated carbocycles. The number of nitro benzene ring substituents is 1. The quantitative estimate of drug-likeness (QED) is 0.374. The lowest BCUT2D eigenvalue weighted by molar-refractivity contribution is -0.385. The molecule has 0 spiro atoms. The Bertz CT molecular complexity index is 452. The van der Waals surface area contributed by atoms with Gasteiger partial charge in [-0.3, -0.25) is 14.9 Å². The maximum absolute atomic E-state index is 10.5. The van der Waals surface area contributed by atoms with E-state index in [1.807, 2.05) is 29.5 Å². The molecular weight excluding hydrogens is 357 g/mol. The molecule has 17 heavy (non-hydrogen) atoms. The minimum Gasteiger partial charge on any atom is -0.481 e. The van der Waals surface area contributed by atoms with Gasteiger partial charge < -0.3 is 5.11 Å². The zero-order valence-electron chi connectivity index (χ0n) is 8.92. The highest BCUT2D eigenvalue weighted by atomic mass is 127. The topological polar surface area (TPSA) is 80.4 Å². The second kappa shape index (κ2) is 6.20. The highest BCUT2D eigenvalue weighted by Crippen LogP contribution is 2.31. The molecular formula is C10H10INO4S. The molecule has 1 aromatic carbocycles. The van der Waals surface area contributed by atoms with Crippen molar-refractivity contribution in [3.05, 3.63) is 31.9 Å². The van der Waals surface area contributed by atoms with E-state index in [4.69, 9.17) is 5.11 Å². The molecule has 0 bridgehead atoms. The van der Waals surface area contributed by atoms with Gasteiger partial charge in [0, 0.05) is 25.8 Å². The van der Waals surface area contributed by atoms with E-state index in [1.165, 1.54) is 23.9 Å². The van der Waals surface area contributed by atoms with Crippen LogP contribution < -0.4 is 0 Å². The number of thioether (sulfide) groups is 1. The molecule has 0 radical (unpaired) electrons. The molecule has 5 nitrogen and oxygen atoms in total. The van der Waals surface area contributed by atoms with Crippen molar-refractivity contribution in [1.82, 2.24) is 0 Å². The summed E-state index contributed by atoms with van der Waals surface area (Å²) in [6.45, 7) is 1.82. The van der Waals surface area contributed by atoms with Gasteiger partial charge in [-0.1, -0.05) is 6.92 Å². The molecule has 0 fully saturated rings. The van der Waals surface area contributed by atoms with Gasteiger partial charge in [-0.05, 0) is 28.7 Å². The third-order valence-corrected chi connectivity index (χ3v) is 4.35. The van der Waals surface area contributed by atoms with Crippen LogP contribution in [0.3, 0.4) is 0 Å². The van der Waals surface area contributed by atoms with Crippen LogP contribution in [0.5, 0.6) is 0 Å². The van der Waals surface area contributed by atoms with E-state index in [9.17, 15) is 14.9 Å². The highest BCUT2D eigenvalue weighted by Gasteiger charge is 2.13. The number of halogens is 1. The summed E-state index contributed by atoms with van der Waals surface area (Å²) in [5.41, 5.74) is 0.0460. The van der Waals surface area contributed by atoms with Gasteiger partial charge in [0.05, 0.1) is 11.3 Å². The molecule has 1 unspecified atom stereocenters. The lowest BCUT2D eigenvalue weighted by Crippen LogP contribution is -2.05. The molecule has 1 atom stereocenters. The van der Waals surface area contributed by atoms with Crippen molar-refractivity contribution < 1.29 is 14.8 Å². The third-order valence-electron chi connectivity index (χ3n) is 1.92. The first-order valence-electron chi connectivity index (χ1n) is 4.72. The van der Waals surface area contributed by atoms with E-state index in [0.717, 1.165) is 8.47 Å². The van der Waals surface area contributed by atoms with Gasteiger partial charge in [-0.25, -0.2) is 0 Å². The predicted molar refractivity (Wildman–Crippen MR) is 73.4 cm³/mol. The van der Waals surface area contributed by atoms with Crippen LogP contribution in [0.1, 0.15) is 13.3 Å². The third kappa shape index (κ3) is 4.50. The lowest BCUT2D eigenvalue weighted by Gasteiger charge is -2.09. The van der Waals surface area contributed by atoms with Gasteiger partial charge in [0.2, 0.25) is 0 Å². The van der Waals surface area contributed by atoms with Gasteiger partial charge in [0.1, 0.15) is 0 Å². The molecule has 7 heteroatoms. The molecule has 0 aliphatic rings. The standard InChI is InChI=1S/C10H10INO4S/c1-6(4-10(13)14)17-9-3-2-7(12(15)16)5-8(9)11/h2-3,5-6H,4H2,1H3,(H,13,14). The average molecular weight is 367 g/mol. The largest absolute Gasteiger partial charge is 0.481 e. The Morgan fingerprint density at radius 3 is 2.76 bits per heavy atom. The summed E-state index contributed by atoms with van der Waals surface area (Å²) in [7, 11) is 0. The second-order valence-electron chi connectivity index (χ2n) is 3.40. The zero-order valence-corrected chi connectivity index (χ0v) is 11.9. The fraction of sp³-hybridized carbons (Fsp3) is 0.300. The average Bonchev–Trinajstić information content (AvgIpc) is 2.19. The van der Waals surface area contributed by atoms with Crippen LogP contribution >= 0.6 is 34.4 Å². The van der Waals surface area contributed by atoms with Crippen molar-refractivity contribution in [1.29, 1.82) is 0 Å². The zero-order chi connectivity index (χ0) is 13.0. The van der Waals surface area contributed by atoms with Crippen LogP contribution in [0, 0.1) is 13.7 Å². The number of nitro groups is 1. The van der Waals surface area contributed by atoms with Crippen molar-refractivity contribution in [2.24, 2.45) is 0 Å². The van der Waals surface area contributed by atoms with E-state index >= 15 is 0 Å². The summed E-state index contributed by atoms with van der Waals surface area (Å²) in [6, 6.07) is 4.57. The summed E-state index contributed by atoms with van der Waals surface area (Å²) in [6.07, 6.45) is 0.0672. The molecule has 0 heterocycles.